The van der Waals surface area contributed by atoms with E-state index in [9.17, 15) is 22.8 Å². The summed E-state index contributed by atoms with van der Waals surface area (Å²) < 4.78 is 40.1. The first-order valence-electron chi connectivity index (χ1n) is 6.23. The summed E-state index contributed by atoms with van der Waals surface area (Å²) >= 11 is 0. The van der Waals surface area contributed by atoms with Gasteiger partial charge in [-0.1, -0.05) is 20.8 Å². The molecule has 0 radical (unpaired) electrons. The summed E-state index contributed by atoms with van der Waals surface area (Å²) in [5.41, 5.74) is -1.41. The number of halogens is 3. The molecule has 116 valence electrons. The van der Waals surface area contributed by atoms with E-state index >= 15 is 0 Å². The number of benzene rings is 1. The number of carbonyl (C=O) groups is 2. The number of hydrogen-bond donors (Lipinski definition) is 1. The van der Waals surface area contributed by atoms with Crippen LogP contribution < -0.4 is 4.90 Å². The Bertz CT molecular complexity index is 567. The second-order valence-electron chi connectivity index (χ2n) is 5.55. The highest BCUT2D eigenvalue weighted by Crippen LogP contribution is 2.28. The predicted octanol–water partition coefficient (Wildman–Crippen LogP) is 2.96. The Balaban J connectivity index is 3.27. The summed E-state index contributed by atoms with van der Waals surface area (Å²) in [7, 11) is 0. The van der Waals surface area contributed by atoms with Crippen LogP contribution in [0.1, 0.15) is 27.2 Å². The van der Waals surface area contributed by atoms with Crippen LogP contribution in [0.15, 0.2) is 12.1 Å². The number of rotatable bonds is 4. The average Bonchev–Trinajstić information content (AvgIpc) is 2.36. The number of hydrogen-bond acceptors (Lipinski definition) is 2. The van der Waals surface area contributed by atoms with Crippen molar-refractivity contribution in [1.29, 1.82) is 0 Å². The fourth-order valence-electron chi connectivity index (χ4n) is 1.67. The van der Waals surface area contributed by atoms with Gasteiger partial charge in [-0.3, -0.25) is 9.59 Å². The first-order chi connectivity index (χ1) is 9.55. The van der Waals surface area contributed by atoms with E-state index in [0.29, 0.717) is 6.07 Å². The molecule has 0 unspecified atom stereocenters. The van der Waals surface area contributed by atoms with Crippen molar-refractivity contribution in [2.45, 2.75) is 27.2 Å². The third-order valence-electron chi connectivity index (χ3n) is 2.74. The maximum Gasteiger partial charge on any atom is 0.305 e. The van der Waals surface area contributed by atoms with E-state index in [4.69, 9.17) is 5.11 Å². The van der Waals surface area contributed by atoms with Crippen molar-refractivity contribution in [2.75, 3.05) is 11.4 Å². The summed E-state index contributed by atoms with van der Waals surface area (Å²) in [4.78, 5) is 23.7. The Morgan fingerprint density at radius 1 is 1.14 bits per heavy atom. The number of amides is 1. The van der Waals surface area contributed by atoms with Gasteiger partial charge in [0.05, 0.1) is 12.1 Å². The van der Waals surface area contributed by atoms with Crippen molar-refractivity contribution < 1.29 is 27.9 Å². The zero-order valence-corrected chi connectivity index (χ0v) is 11.9. The lowest BCUT2D eigenvalue weighted by Gasteiger charge is -2.29. The molecule has 0 saturated carbocycles. The molecule has 0 aromatic heterocycles. The molecule has 1 aromatic rings. The molecule has 0 aliphatic carbocycles. The highest BCUT2D eigenvalue weighted by Gasteiger charge is 2.31. The van der Waals surface area contributed by atoms with E-state index in [1.54, 1.807) is 20.8 Å². The van der Waals surface area contributed by atoms with Crippen LogP contribution in [-0.4, -0.2) is 23.5 Å². The Morgan fingerprint density at radius 3 is 2.19 bits per heavy atom. The molecule has 1 N–H and O–H groups in total. The van der Waals surface area contributed by atoms with Crippen LogP contribution in [0.4, 0.5) is 18.9 Å². The van der Waals surface area contributed by atoms with E-state index in [2.05, 4.69) is 0 Å². The molecule has 7 heteroatoms. The van der Waals surface area contributed by atoms with Crippen molar-refractivity contribution in [3.05, 3.63) is 29.6 Å². The average molecular weight is 303 g/mol. The third-order valence-corrected chi connectivity index (χ3v) is 2.74. The largest absolute Gasteiger partial charge is 0.481 e. The topological polar surface area (TPSA) is 57.6 Å². The molecule has 4 nitrogen and oxygen atoms in total. The Morgan fingerprint density at radius 2 is 1.71 bits per heavy atom. The van der Waals surface area contributed by atoms with Gasteiger partial charge in [0.1, 0.15) is 0 Å². The van der Waals surface area contributed by atoms with Gasteiger partial charge in [-0.15, -0.1) is 0 Å². The van der Waals surface area contributed by atoms with Gasteiger partial charge < -0.3 is 10.0 Å². The maximum absolute atomic E-state index is 13.8. The summed E-state index contributed by atoms with van der Waals surface area (Å²) in [6.07, 6.45) is -0.444. The number of carboxylic acids is 1. The van der Waals surface area contributed by atoms with Gasteiger partial charge in [0.15, 0.2) is 17.5 Å². The van der Waals surface area contributed by atoms with E-state index in [1.807, 2.05) is 0 Å². The van der Waals surface area contributed by atoms with Crippen LogP contribution in [0.2, 0.25) is 0 Å². The summed E-state index contributed by atoms with van der Waals surface area (Å²) in [5.74, 6) is -6.37. The minimum atomic E-state index is -1.70. The lowest BCUT2D eigenvalue weighted by Crippen LogP contribution is -2.41. The van der Waals surface area contributed by atoms with Gasteiger partial charge in [0, 0.05) is 12.0 Å². The maximum atomic E-state index is 13.8. The molecule has 1 rings (SSSR count). The van der Waals surface area contributed by atoms with Crippen molar-refractivity contribution in [1.82, 2.24) is 0 Å². The fourth-order valence-corrected chi connectivity index (χ4v) is 1.67. The van der Waals surface area contributed by atoms with E-state index in [1.165, 1.54) is 0 Å². The molecule has 0 aliphatic heterocycles. The van der Waals surface area contributed by atoms with Crippen molar-refractivity contribution >= 4 is 17.6 Å². The first kappa shape index (κ1) is 17.0. The normalized spacial score (nSPS) is 11.3. The lowest BCUT2D eigenvalue weighted by atomic mass is 9.94. The molecule has 0 bridgehead atoms. The number of nitrogens with zero attached hydrogens (tertiary/aromatic N) is 1. The van der Waals surface area contributed by atoms with Crippen molar-refractivity contribution in [3.63, 3.8) is 0 Å². The zero-order chi connectivity index (χ0) is 16.4. The van der Waals surface area contributed by atoms with E-state index in [0.717, 1.165) is 11.0 Å². The predicted molar refractivity (Wildman–Crippen MR) is 70.4 cm³/mol. The van der Waals surface area contributed by atoms with Crippen molar-refractivity contribution in [3.8, 4) is 0 Å². The zero-order valence-electron chi connectivity index (χ0n) is 11.9. The molecule has 0 fully saturated rings. The van der Waals surface area contributed by atoms with Gasteiger partial charge in [-0.2, -0.15) is 0 Å². The molecular weight excluding hydrogens is 287 g/mol. The first-order valence-corrected chi connectivity index (χ1v) is 6.23. The van der Waals surface area contributed by atoms with Gasteiger partial charge in [0.2, 0.25) is 5.91 Å². The highest BCUT2D eigenvalue weighted by molar-refractivity contribution is 5.97. The number of carbonyl (C=O) groups excluding carboxylic acids is 1. The third kappa shape index (κ3) is 3.96. The van der Waals surface area contributed by atoms with Gasteiger partial charge in [-0.25, -0.2) is 13.2 Å². The molecular formula is C14H16F3NO3. The van der Waals surface area contributed by atoms with Crippen LogP contribution in [-0.2, 0) is 9.59 Å². The molecule has 1 aromatic carbocycles. The van der Waals surface area contributed by atoms with Crippen LogP contribution in [0.3, 0.4) is 0 Å². The van der Waals surface area contributed by atoms with Crippen LogP contribution in [0.25, 0.3) is 0 Å². The van der Waals surface area contributed by atoms with Gasteiger partial charge in [-0.05, 0) is 12.1 Å². The standard InChI is InChI=1S/C14H16F3NO3/c1-14(2,3)13(21)18(7-6-10(19)20)9-5-4-8(15)11(16)12(9)17/h4-5H,6-7H2,1-3H3,(H,19,20). The minimum Gasteiger partial charge on any atom is -0.481 e. The molecule has 0 aliphatic rings. The van der Waals surface area contributed by atoms with E-state index in [-0.39, 0.29) is 6.54 Å². The Labute approximate surface area is 120 Å². The van der Waals surface area contributed by atoms with Gasteiger partial charge in [0.25, 0.3) is 0 Å². The second kappa shape index (κ2) is 6.15. The lowest BCUT2D eigenvalue weighted by molar-refractivity contribution is -0.136. The van der Waals surface area contributed by atoms with E-state index < -0.39 is 46.9 Å². The van der Waals surface area contributed by atoms with Gasteiger partial charge >= 0.3 is 5.97 Å². The Hall–Kier alpha value is -2.05. The summed E-state index contributed by atoms with van der Waals surface area (Å²) in [6.45, 7) is 4.33. The smallest absolute Gasteiger partial charge is 0.305 e. The van der Waals surface area contributed by atoms with Crippen LogP contribution in [0.5, 0.6) is 0 Å². The number of carboxylic acid groups (broad SMARTS) is 1. The van der Waals surface area contributed by atoms with Crippen LogP contribution in [0, 0.1) is 22.9 Å². The highest BCUT2D eigenvalue weighted by atomic mass is 19.2. The molecule has 21 heavy (non-hydrogen) atoms. The fraction of sp³-hybridized carbons (Fsp3) is 0.429. The summed E-state index contributed by atoms with van der Waals surface area (Å²) in [5, 5.41) is 8.70. The second-order valence-corrected chi connectivity index (χ2v) is 5.55. The Kier molecular flexibility index (Phi) is 4.98. The molecule has 0 spiro atoms. The molecule has 0 saturated heterocycles. The monoisotopic (exact) mass is 303 g/mol. The molecule has 1 amide bonds. The number of aliphatic carboxylic acids is 1. The minimum absolute atomic E-state index is 0.340. The van der Waals surface area contributed by atoms with Crippen molar-refractivity contribution in [2.24, 2.45) is 5.41 Å². The van der Waals surface area contributed by atoms with Crippen LogP contribution >= 0.6 is 0 Å². The summed E-state index contributed by atoms with van der Waals surface area (Å²) in [6, 6.07) is 1.61. The SMILES string of the molecule is CC(C)(C)C(=O)N(CCC(=O)O)c1ccc(F)c(F)c1F. The molecule has 0 heterocycles. The quantitative estimate of drug-likeness (QED) is 0.870. The molecule has 0 atom stereocenters. The number of anilines is 1.